The van der Waals surface area contributed by atoms with Crippen molar-refractivity contribution in [2.24, 2.45) is 0 Å². The zero-order chi connectivity index (χ0) is 25.9. The van der Waals surface area contributed by atoms with E-state index in [0.29, 0.717) is 26.9 Å². The fourth-order valence-electron chi connectivity index (χ4n) is 3.52. The van der Waals surface area contributed by atoms with Crippen LogP contribution in [0, 0.1) is 5.82 Å². The van der Waals surface area contributed by atoms with Crippen molar-refractivity contribution >= 4 is 42.4 Å². The van der Waals surface area contributed by atoms with Crippen LogP contribution in [0.25, 0.3) is 10.2 Å². The van der Waals surface area contributed by atoms with E-state index in [1.807, 2.05) is 0 Å². The molecule has 3 N–H and O–H groups in total. The van der Waals surface area contributed by atoms with Crippen LogP contribution >= 0.6 is 11.3 Å². The number of sulfone groups is 1. The predicted molar refractivity (Wildman–Crippen MR) is 134 cm³/mol. The summed E-state index contributed by atoms with van der Waals surface area (Å²) in [6.45, 7) is 1.04. The molecule has 0 saturated carbocycles. The van der Waals surface area contributed by atoms with Crippen LogP contribution in [-0.2, 0) is 27.8 Å². The number of thiazole rings is 1. The van der Waals surface area contributed by atoms with E-state index in [2.05, 4.69) is 10.3 Å². The SMILES string of the molecule is CCS(=O)(=O)c1ccc(C(Oc2ccc(F)cc2)C(=O)Nc2nc3cc(CO)c(CO)cc3s2)cc1. The van der Waals surface area contributed by atoms with E-state index in [1.54, 1.807) is 19.1 Å². The lowest BCUT2D eigenvalue weighted by Crippen LogP contribution is -2.25. The van der Waals surface area contributed by atoms with Crippen LogP contribution in [0.1, 0.15) is 29.7 Å². The molecular weight excluding hydrogens is 507 g/mol. The summed E-state index contributed by atoms with van der Waals surface area (Å²) in [5, 5.41) is 22.0. The number of carbonyl (C=O) groups is 1. The molecule has 3 aromatic carbocycles. The van der Waals surface area contributed by atoms with E-state index in [9.17, 15) is 27.8 Å². The van der Waals surface area contributed by atoms with E-state index in [0.717, 1.165) is 0 Å². The van der Waals surface area contributed by atoms with Crippen LogP contribution in [0.15, 0.2) is 65.6 Å². The highest BCUT2D eigenvalue weighted by Crippen LogP contribution is 2.31. The molecule has 0 saturated heterocycles. The van der Waals surface area contributed by atoms with Crippen LogP contribution in [0.2, 0.25) is 0 Å². The number of hydrogen-bond donors (Lipinski definition) is 3. The number of aromatic nitrogens is 1. The fourth-order valence-corrected chi connectivity index (χ4v) is 5.32. The number of benzene rings is 3. The summed E-state index contributed by atoms with van der Waals surface area (Å²) in [5.74, 6) is -0.854. The first-order valence-corrected chi connectivity index (χ1v) is 13.4. The molecule has 188 valence electrons. The lowest BCUT2D eigenvalue weighted by molar-refractivity contribution is -0.123. The van der Waals surface area contributed by atoms with Crippen LogP contribution in [0.4, 0.5) is 9.52 Å². The van der Waals surface area contributed by atoms with Crippen molar-refractivity contribution in [2.75, 3.05) is 11.1 Å². The van der Waals surface area contributed by atoms with Crippen molar-refractivity contribution in [3.8, 4) is 5.75 Å². The van der Waals surface area contributed by atoms with Crippen molar-refractivity contribution in [1.82, 2.24) is 4.98 Å². The van der Waals surface area contributed by atoms with Gasteiger partial charge in [0.05, 0.1) is 34.1 Å². The van der Waals surface area contributed by atoms with Gasteiger partial charge in [-0.2, -0.15) is 0 Å². The Balaban J connectivity index is 1.65. The van der Waals surface area contributed by atoms with Gasteiger partial charge in [0.15, 0.2) is 15.0 Å². The molecule has 4 rings (SSSR count). The highest BCUT2D eigenvalue weighted by molar-refractivity contribution is 7.91. The third kappa shape index (κ3) is 5.54. The number of hydrogen-bond acceptors (Lipinski definition) is 8. The van der Waals surface area contributed by atoms with Crippen LogP contribution in [-0.4, -0.2) is 35.3 Å². The molecule has 1 heterocycles. The zero-order valence-corrected chi connectivity index (χ0v) is 20.8. The minimum atomic E-state index is -3.43. The Morgan fingerprint density at radius 1 is 1.06 bits per heavy atom. The van der Waals surface area contributed by atoms with Gasteiger partial charge in [-0.05, 0) is 59.7 Å². The van der Waals surface area contributed by atoms with E-state index in [1.165, 1.54) is 59.9 Å². The van der Waals surface area contributed by atoms with E-state index in [-0.39, 0.29) is 34.7 Å². The van der Waals surface area contributed by atoms with Gasteiger partial charge in [-0.1, -0.05) is 30.4 Å². The van der Waals surface area contributed by atoms with Crippen molar-refractivity contribution in [3.63, 3.8) is 0 Å². The minimum Gasteiger partial charge on any atom is -0.476 e. The molecule has 36 heavy (non-hydrogen) atoms. The maximum absolute atomic E-state index is 13.4. The number of halogens is 1. The summed E-state index contributed by atoms with van der Waals surface area (Å²) in [4.78, 5) is 17.8. The predicted octanol–water partition coefficient (Wildman–Crippen LogP) is 3.97. The molecule has 0 radical (unpaired) electrons. The molecule has 11 heteroatoms. The second-order valence-corrected chi connectivity index (χ2v) is 11.1. The van der Waals surface area contributed by atoms with Gasteiger partial charge < -0.3 is 14.9 Å². The number of rotatable bonds is 9. The maximum Gasteiger partial charge on any atom is 0.271 e. The molecule has 0 spiro atoms. The summed E-state index contributed by atoms with van der Waals surface area (Å²) in [5.41, 5.74) is 2.03. The van der Waals surface area contributed by atoms with Crippen molar-refractivity contribution < 1.29 is 32.6 Å². The van der Waals surface area contributed by atoms with Crippen LogP contribution in [0.3, 0.4) is 0 Å². The number of nitrogens with zero attached hydrogens (tertiary/aromatic N) is 1. The molecule has 0 aliphatic rings. The van der Waals surface area contributed by atoms with Gasteiger partial charge in [0.2, 0.25) is 6.10 Å². The number of nitrogens with one attached hydrogen (secondary N) is 1. The smallest absolute Gasteiger partial charge is 0.271 e. The molecule has 8 nitrogen and oxygen atoms in total. The second kappa shape index (κ2) is 10.7. The third-order valence-electron chi connectivity index (χ3n) is 5.51. The minimum absolute atomic E-state index is 0.0596. The highest BCUT2D eigenvalue weighted by Gasteiger charge is 2.25. The Morgan fingerprint density at radius 3 is 2.31 bits per heavy atom. The van der Waals surface area contributed by atoms with Gasteiger partial charge in [0.25, 0.3) is 5.91 Å². The Labute approximate surface area is 210 Å². The molecular formula is C25H23FN2O6S2. The van der Waals surface area contributed by atoms with Crippen LogP contribution in [0.5, 0.6) is 5.75 Å². The van der Waals surface area contributed by atoms with Gasteiger partial charge >= 0.3 is 0 Å². The standard InChI is InChI=1S/C25H23FN2O6S2/c1-2-36(32,33)20-9-3-15(4-10-20)23(34-19-7-5-18(26)6-8-19)24(31)28-25-27-21-11-16(13-29)17(14-30)12-22(21)35-25/h3-12,23,29-30H,2,13-14H2,1H3,(H,27,28,31). The molecule has 0 fully saturated rings. The maximum atomic E-state index is 13.4. The average molecular weight is 531 g/mol. The molecule has 0 aliphatic carbocycles. The normalized spacial score (nSPS) is 12.4. The van der Waals surface area contributed by atoms with E-state index in [4.69, 9.17) is 4.74 Å². The van der Waals surface area contributed by atoms with E-state index < -0.39 is 27.7 Å². The summed E-state index contributed by atoms with van der Waals surface area (Å²) in [6, 6.07) is 14.3. The van der Waals surface area contributed by atoms with Crippen LogP contribution < -0.4 is 10.1 Å². The number of carbonyl (C=O) groups excluding carboxylic acids is 1. The Kier molecular flexibility index (Phi) is 7.65. The van der Waals surface area contributed by atoms with Crippen molar-refractivity contribution in [3.05, 3.63) is 83.2 Å². The number of amides is 1. The van der Waals surface area contributed by atoms with Gasteiger partial charge in [-0.25, -0.2) is 17.8 Å². The monoisotopic (exact) mass is 530 g/mol. The number of aliphatic hydroxyl groups is 2. The molecule has 0 aliphatic heterocycles. The Hall–Kier alpha value is -3.38. The van der Waals surface area contributed by atoms with Gasteiger partial charge in [0.1, 0.15) is 11.6 Å². The summed E-state index contributed by atoms with van der Waals surface area (Å²) in [7, 11) is -3.43. The topological polar surface area (TPSA) is 126 Å². The quantitative estimate of drug-likeness (QED) is 0.299. The summed E-state index contributed by atoms with van der Waals surface area (Å²) >= 11 is 1.18. The highest BCUT2D eigenvalue weighted by atomic mass is 32.2. The fraction of sp³-hybridized carbons (Fsp3) is 0.200. The first-order chi connectivity index (χ1) is 17.2. The number of anilines is 1. The molecule has 1 unspecified atom stereocenters. The molecule has 0 bridgehead atoms. The number of ether oxygens (including phenoxy) is 1. The van der Waals surface area contributed by atoms with Gasteiger partial charge in [0, 0.05) is 5.56 Å². The lowest BCUT2D eigenvalue weighted by atomic mass is 10.1. The Bertz CT molecular complexity index is 1440. The number of aliphatic hydroxyl groups excluding tert-OH is 2. The second-order valence-electron chi connectivity index (χ2n) is 7.84. The van der Waals surface area contributed by atoms with Crippen molar-refractivity contribution in [1.29, 1.82) is 0 Å². The molecule has 1 atom stereocenters. The largest absolute Gasteiger partial charge is 0.476 e. The molecule has 1 aromatic heterocycles. The summed E-state index contributed by atoms with van der Waals surface area (Å²) < 4.78 is 44.3. The Morgan fingerprint density at radius 2 is 1.69 bits per heavy atom. The summed E-state index contributed by atoms with van der Waals surface area (Å²) in [6.07, 6.45) is -1.19. The zero-order valence-electron chi connectivity index (χ0n) is 19.1. The third-order valence-corrected chi connectivity index (χ3v) is 8.19. The van der Waals surface area contributed by atoms with Crippen molar-refractivity contribution in [2.45, 2.75) is 31.1 Å². The lowest BCUT2D eigenvalue weighted by Gasteiger charge is -2.19. The van der Waals surface area contributed by atoms with Gasteiger partial charge in [-0.3, -0.25) is 10.1 Å². The van der Waals surface area contributed by atoms with Gasteiger partial charge in [-0.15, -0.1) is 0 Å². The molecule has 1 amide bonds. The first kappa shape index (κ1) is 25.7. The average Bonchev–Trinajstić information content (AvgIpc) is 3.28. The first-order valence-electron chi connectivity index (χ1n) is 10.9. The van der Waals surface area contributed by atoms with E-state index >= 15 is 0 Å². The molecule has 4 aromatic rings. The number of fused-ring (bicyclic) bond motifs is 1.